The second kappa shape index (κ2) is 10.2. The zero-order chi connectivity index (χ0) is 26.8. The van der Waals surface area contributed by atoms with E-state index in [1.165, 1.54) is 31.3 Å². The van der Waals surface area contributed by atoms with Crippen molar-refractivity contribution in [1.29, 1.82) is 0 Å². The van der Waals surface area contributed by atoms with Gasteiger partial charge in [0.05, 0.1) is 16.5 Å². The second-order valence-electron chi connectivity index (χ2n) is 8.60. The maximum Gasteiger partial charge on any atom is 0.421 e. The first-order chi connectivity index (χ1) is 17.5. The summed E-state index contributed by atoms with van der Waals surface area (Å²) in [5.74, 6) is -1.78. The van der Waals surface area contributed by atoms with E-state index in [-0.39, 0.29) is 10.8 Å². The van der Waals surface area contributed by atoms with Gasteiger partial charge >= 0.3 is 6.18 Å². The zero-order valence-corrected chi connectivity index (χ0v) is 20.6. The molecule has 1 heterocycles. The average Bonchev–Trinajstić information content (AvgIpc) is 3.32. The molecule has 0 aliphatic heterocycles. The van der Waals surface area contributed by atoms with Crippen LogP contribution in [0.4, 0.5) is 36.3 Å². The van der Waals surface area contributed by atoms with Gasteiger partial charge in [-0.2, -0.15) is 18.2 Å². The second-order valence-corrected chi connectivity index (χ2v) is 10.6. The Morgan fingerprint density at radius 1 is 1.08 bits per heavy atom. The summed E-state index contributed by atoms with van der Waals surface area (Å²) in [5.41, 5.74) is 5.18. The number of carbonyl (C=O) groups excluding carboxylic acids is 1. The Labute approximate surface area is 212 Å². The third-order valence-electron chi connectivity index (χ3n) is 6.19. The van der Waals surface area contributed by atoms with Crippen molar-refractivity contribution in [3.8, 4) is 0 Å². The number of sulfonamides is 1. The standard InChI is InChI=1S/C24H25F3N6O3S/c1-33(16-6-3-2-4-7-16)37(35,36)17-12-10-15(11-13-17)30-23-29-14-19(24(25,26)27)22(32-23)31-20-9-5-8-18(20)21(28)34/h2-4,6-7,10-14,18,20H,5,8-9H2,1H3,(H2,28,34)(H2,29,30,31,32)/t18-,20-/m0/s1. The van der Waals surface area contributed by atoms with Gasteiger partial charge in [0.2, 0.25) is 11.9 Å². The smallest absolute Gasteiger partial charge is 0.369 e. The molecule has 0 unspecified atom stereocenters. The molecule has 0 saturated heterocycles. The van der Waals surface area contributed by atoms with Crippen LogP contribution in [0.1, 0.15) is 24.8 Å². The Morgan fingerprint density at radius 3 is 2.38 bits per heavy atom. The fraction of sp³-hybridized carbons (Fsp3) is 0.292. The number of hydrogen-bond donors (Lipinski definition) is 3. The highest BCUT2D eigenvalue weighted by Crippen LogP contribution is 2.36. The molecule has 0 spiro atoms. The molecule has 0 bridgehead atoms. The van der Waals surface area contributed by atoms with Crippen molar-refractivity contribution in [1.82, 2.24) is 9.97 Å². The average molecular weight is 535 g/mol. The van der Waals surface area contributed by atoms with E-state index in [1.807, 2.05) is 0 Å². The lowest BCUT2D eigenvalue weighted by Crippen LogP contribution is -2.35. The molecule has 13 heteroatoms. The van der Waals surface area contributed by atoms with E-state index in [2.05, 4.69) is 20.6 Å². The maximum absolute atomic E-state index is 13.6. The first-order valence-corrected chi connectivity index (χ1v) is 12.8. The van der Waals surface area contributed by atoms with Crippen LogP contribution in [-0.4, -0.2) is 37.4 Å². The quantitative estimate of drug-likeness (QED) is 0.396. The molecule has 0 radical (unpaired) electrons. The first kappa shape index (κ1) is 26.2. The number of para-hydroxylation sites is 1. The number of nitrogens with two attached hydrogens (primary N) is 1. The van der Waals surface area contributed by atoms with Gasteiger partial charge in [-0.05, 0) is 49.2 Å². The van der Waals surface area contributed by atoms with Crippen LogP contribution < -0.4 is 20.7 Å². The Hall–Kier alpha value is -3.87. The zero-order valence-electron chi connectivity index (χ0n) is 19.7. The molecule has 196 valence electrons. The van der Waals surface area contributed by atoms with Crippen molar-refractivity contribution < 1.29 is 26.4 Å². The number of hydrogen-bond acceptors (Lipinski definition) is 7. The number of alkyl halides is 3. The van der Waals surface area contributed by atoms with Gasteiger partial charge in [-0.25, -0.2) is 13.4 Å². The van der Waals surface area contributed by atoms with Gasteiger partial charge in [-0.15, -0.1) is 0 Å². The number of primary amides is 1. The van der Waals surface area contributed by atoms with Crippen molar-refractivity contribution in [3.05, 3.63) is 66.4 Å². The number of benzene rings is 2. The Balaban J connectivity index is 1.55. The van der Waals surface area contributed by atoms with Crippen molar-refractivity contribution in [3.63, 3.8) is 0 Å². The third-order valence-corrected chi connectivity index (χ3v) is 7.99. The molecule has 9 nitrogen and oxygen atoms in total. The minimum Gasteiger partial charge on any atom is -0.369 e. The summed E-state index contributed by atoms with van der Waals surface area (Å²) >= 11 is 0. The first-order valence-electron chi connectivity index (χ1n) is 11.4. The molecular weight excluding hydrogens is 509 g/mol. The van der Waals surface area contributed by atoms with E-state index in [9.17, 15) is 26.4 Å². The molecule has 4 N–H and O–H groups in total. The Kier molecular flexibility index (Phi) is 7.25. The van der Waals surface area contributed by atoms with Crippen LogP contribution >= 0.6 is 0 Å². The number of aromatic nitrogens is 2. The summed E-state index contributed by atoms with van der Waals surface area (Å²) in [4.78, 5) is 19.5. The number of halogens is 3. The molecule has 2 atom stereocenters. The van der Waals surface area contributed by atoms with Crippen molar-refractivity contribution in [2.45, 2.75) is 36.4 Å². The van der Waals surface area contributed by atoms with Crippen LogP contribution in [0.5, 0.6) is 0 Å². The maximum atomic E-state index is 13.6. The van der Waals surface area contributed by atoms with Gasteiger partial charge in [0.1, 0.15) is 11.4 Å². The van der Waals surface area contributed by atoms with Crippen LogP contribution in [0, 0.1) is 5.92 Å². The fourth-order valence-corrected chi connectivity index (χ4v) is 5.38. The topological polar surface area (TPSA) is 130 Å². The van der Waals surface area contributed by atoms with Gasteiger partial charge in [-0.3, -0.25) is 9.10 Å². The molecule has 1 aliphatic carbocycles. The Bertz CT molecular complexity index is 1370. The summed E-state index contributed by atoms with van der Waals surface area (Å²) in [6.45, 7) is 0. The monoisotopic (exact) mass is 534 g/mol. The molecular formula is C24H25F3N6O3S. The predicted octanol–water partition coefficient (Wildman–Crippen LogP) is 4.13. The number of amides is 1. The van der Waals surface area contributed by atoms with Crippen molar-refractivity contribution in [2.75, 3.05) is 22.0 Å². The highest BCUT2D eigenvalue weighted by atomic mass is 32.2. The SMILES string of the molecule is CN(c1ccccc1)S(=O)(=O)c1ccc(Nc2ncc(C(F)(F)F)c(N[C@H]3CCC[C@@H]3C(N)=O)n2)cc1. The largest absolute Gasteiger partial charge is 0.421 e. The number of rotatable bonds is 8. The highest BCUT2D eigenvalue weighted by Gasteiger charge is 2.38. The summed E-state index contributed by atoms with van der Waals surface area (Å²) in [7, 11) is -2.40. The summed E-state index contributed by atoms with van der Waals surface area (Å²) in [6, 6.07) is 13.6. The van der Waals surface area contributed by atoms with E-state index in [0.29, 0.717) is 36.8 Å². The summed E-state index contributed by atoms with van der Waals surface area (Å²) < 4.78 is 67.8. The molecule has 37 heavy (non-hydrogen) atoms. The van der Waals surface area contributed by atoms with Gasteiger partial charge < -0.3 is 16.4 Å². The lowest BCUT2D eigenvalue weighted by molar-refractivity contribution is -0.137. The van der Waals surface area contributed by atoms with Crippen molar-refractivity contribution >= 4 is 39.1 Å². The Morgan fingerprint density at radius 2 is 1.76 bits per heavy atom. The molecule has 1 saturated carbocycles. The molecule has 3 aromatic rings. The van der Waals surface area contributed by atoms with Gasteiger partial charge in [0.25, 0.3) is 10.0 Å². The van der Waals surface area contributed by atoms with Crippen LogP contribution in [0.2, 0.25) is 0 Å². The van der Waals surface area contributed by atoms with Crippen LogP contribution in [0.3, 0.4) is 0 Å². The minimum atomic E-state index is -4.72. The van der Waals surface area contributed by atoms with E-state index in [4.69, 9.17) is 5.73 Å². The lowest BCUT2D eigenvalue weighted by atomic mass is 10.0. The van der Waals surface area contributed by atoms with Gasteiger partial charge in [0, 0.05) is 25.0 Å². The number of anilines is 4. The summed E-state index contributed by atoms with van der Waals surface area (Å²) in [6.07, 6.45) is -2.45. The number of carbonyl (C=O) groups is 1. The van der Waals surface area contributed by atoms with Crippen LogP contribution in [0.25, 0.3) is 0 Å². The van der Waals surface area contributed by atoms with Gasteiger partial charge in [0.15, 0.2) is 0 Å². The van der Waals surface area contributed by atoms with Crippen LogP contribution in [0.15, 0.2) is 65.7 Å². The van der Waals surface area contributed by atoms with Crippen molar-refractivity contribution in [2.24, 2.45) is 11.7 Å². The van der Waals surface area contributed by atoms with E-state index in [0.717, 1.165) is 4.31 Å². The van der Waals surface area contributed by atoms with Gasteiger partial charge in [-0.1, -0.05) is 24.6 Å². The third kappa shape index (κ3) is 5.77. The number of nitrogens with zero attached hydrogens (tertiary/aromatic N) is 3. The van der Waals surface area contributed by atoms with Crippen LogP contribution in [-0.2, 0) is 21.0 Å². The van der Waals surface area contributed by atoms with E-state index >= 15 is 0 Å². The fourth-order valence-electron chi connectivity index (χ4n) is 4.18. The molecule has 4 rings (SSSR count). The molecule has 2 aromatic carbocycles. The van der Waals surface area contributed by atoms with E-state index in [1.54, 1.807) is 30.3 Å². The predicted molar refractivity (Wildman–Crippen MR) is 133 cm³/mol. The molecule has 1 aromatic heterocycles. The number of nitrogens with one attached hydrogen (secondary N) is 2. The normalized spacial score (nSPS) is 17.8. The highest BCUT2D eigenvalue weighted by molar-refractivity contribution is 7.92. The summed E-state index contributed by atoms with van der Waals surface area (Å²) in [5, 5.41) is 5.53. The molecule has 1 aliphatic rings. The molecule has 1 amide bonds. The van der Waals surface area contributed by atoms with E-state index < -0.39 is 45.4 Å². The lowest BCUT2D eigenvalue weighted by Gasteiger charge is -2.22. The minimum absolute atomic E-state index is 0.0267. The molecule has 1 fully saturated rings.